The van der Waals surface area contributed by atoms with Crippen LogP contribution in [0.25, 0.3) is 0 Å². The monoisotopic (exact) mass is 357 g/mol. The number of nitrogens with two attached hydrogens (primary N) is 1. The Labute approximate surface area is 156 Å². The van der Waals surface area contributed by atoms with E-state index in [1.165, 1.54) is 5.57 Å². The third kappa shape index (κ3) is 4.90. The van der Waals surface area contributed by atoms with Crippen molar-refractivity contribution in [2.45, 2.75) is 65.2 Å². The van der Waals surface area contributed by atoms with E-state index in [2.05, 4.69) is 26.5 Å². The molecule has 1 aliphatic rings. The van der Waals surface area contributed by atoms with Crippen LogP contribution in [0.3, 0.4) is 0 Å². The van der Waals surface area contributed by atoms with E-state index < -0.39 is 6.09 Å². The maximum absolute atomic E-state index is 11.5. The summed E-state index contributed by atoms with van der Waals surface area (Å²) in [5.41, 5.74) is 9.22. The number of hydrogen-bond donors (Lipinski definition) is 2. The van der Waals surface area contributed by atoms with Crippen LogP contribution in [0, 0.1) is 5.92 Å². The molecule has 26 heavy (non-hydrogen) atoms. The summed E-state index contributed by atoms with van der Waals surface area (Å²) in [6, 6.07) is 3.65. The fourth-order valence-corrected chi connectivity index (χ4v) is 3.82. The van der Waals surface area contributed by atoms with Crippen LogP contribution >= 0.6 is 0 Å². The number of hydrogen-bond acceptors (Lipinski definition) is 3. The number of carbonyl (C=O) groups is 1. The fraction of sp³-hybridized carbons (Fsp3) is 0.500. The number of phenolic OH excluding ortho intramolecular Hbond substituents is 1. The second-order valence-electron chi connectivity index (χ2n) is 7.44. The highest BCUT2D eigenvalue weighted by Crippen LogP contribution is 2.46. The summed E-state index contributed by atoms with van der Waals surface area (Å²) in [5, 5.41) is 10.8. The number of primary amides is 1. The van der Waals surface area contributed by atoms with Crippen LogP contribution < -0.4 is 10.5 Å². The third-order valence-corrected chi connectivity index (χ3v) is 5.17. The van der Waals surface area contributed by atoms with Crippen molar-refractivity contribution in [3.05, 3.63) is 47.1 Å². The Morgan fingerprint density at radius 1 is 1.38 bits per heavy atom. The van der Waals surface area contributed by atoms with Crippen molar-refractivity contribution in [2.24, 2.45) is 11.7 Å². The smallest absolute Gasteiger partial charge is 0.409 e. The molecule has 3 N–H and O–H groups in total. The lowest BCUT2D eigenvalue weighted by Gasteiger charge is -2.32. The van der Waals surface area contributed by atoms with Crippen LogP contribution in [-0.4, -0.2) is 11.2 Å². The molecule has 1 aromatic rings. The minimum atomic E-state index is -0.861. The highest BCUT2D eigenvalue weighted by Gasteiger charge is 2.31. The van der Waals surface area contributed by atoms with Crippen molar-refractivity contribution in [1.29, 1.82) is 0 Å². The molecule has 0 spiro atoms. The molecule has 1 amide bonds. The third-order valence-electron chi connectivity index (χ3n) is 5.17. The highest BCUT2D eigenvalue weighted by atomic mass is 16.5. The van der Waals surface area contributed by atoms with Gasteiger partial charge in [-0.2, -0.15) is 0 Å². The van der Waals surface area contributed by atoms with Gasteiger partial charge < -0.3 is 15.6 Å². The number of allylic oxidation sites excluding steroid dienone is 3. The number of unbranched alkanes of at least 4 members (excludes halogenated alkanes) is 2. The molecule has 142 valence electrons. The number of phenols is 1. The molecule has 0 radical (unpaired) electrons. The number of benzene rings is 1. The van der Waals surface area contributed by atoms with Gasteiger partial charge in [-0.25, -0.2) is 4.79 Å². The molecule has 0 aromatic heterocycles. The zero-order valence-corrected chi connectivity index (χ0v) is 16.2. The van der Waals surface area contributed by atoms with Gasteiger partial charge in [-0.1, -0.05) is 43.6 Å². The highest BCUT2D eigenvalue weighted by molar-refractivity contribution is 5.70. The summed E-state index contributed by atoms with van der Waals surface area (Å²) in [4.78, 5) is 11.5. The SMILES string of the molecule is C=C(C)[C@@H]1CCC(C)=C[C@H]1c1c(O)cc(CCCCC)cc1OC(N)=O. The average Bonchev–Trinajstić information content (AvgIpc) is 2.54. The molecule has 0 unspecified atom stereocenters. The maximum atomic E-state index is 11.5. The Bertz CT molecular complexity index is 706. The molecular formula is C22H31NO3. The van der Waals surface area contributed by atoms with Crippen molar-refractivity contribution in [3.8, 4) is 11.5 Å². The second-order valence-corrected chi connectivity index (χ2v) is 7.44. The summed E-state index contributed by atoms with van der Waals surface area (Å²) in [6.07, 6.45) is 7.38. The predicted octanol–water partition coefficient (Wildman–Crippen LogP) is 5.60. The molecule has 0 aliphatic heterocycles. The topological polar surface area (TPSA) is 72.6 Å². The number of amides is 1. The van der Waals surface area contributed by atoms with Crippen LogP contribution in [0.1, 0.15) is 69.9 Å². The zero-order chi connectivity index (χ0) is 19.3. The molecule has 1 aromatic carbocycles. The molecule has 2 atom stereocenters. The van der Waals surface area contributed by atoms with Crippen LogP contribution in [0.2, 0.25) is 0 Å². The summed E-state index contributed by atoms with van der Waals surface area (Å²) >= 11 is 0. The number of carbonyl (C=O) groups excluding carboxylic acids is 1. The Morgan fingerprint density at radius 2 is 2.12 bits per heavy atom. The lowest BCUT2D eigenvalue weighted by Crippen LogP contribution is -2.21. The number of aromatic hydroxyl groups is 1. The molecule has 2 rings (SSSR count). The van der Waals surface area contributed by atoms with Gasteiger partial charge in [-0.15, -0.1) is 0 Å². The molecular weight excluding hydrogens is 326 g/mol. The molecule has 0 fully saturated rings. The van der Waals surface area contributed by atoms with Gasteiger partial charge in [0.2, 0.25) is 0 Å². The standard InChI is InChI=1S/C22H31NO3/c1-5-6-7-8-16-12-19(24)21(20(13-16)26-22(23)25)18-11-15(4)9-10-17(18)14(2)3/h11-13,17-18,24H,2,5-10H2,1,3-4H3,(H2,23,25)/t17-,18+/m0/s1. The molecule has 0 heterocycles. The average molecular weight is 357 g/mol. The Hall–Kier alpha value is -2.23. The van der Waals surface area contributed by atoms with Crippen molar-refractivity contribution in [1.82, 2.24) is 0 Å². The number of rotatable bonds is 7. The Morgan fingerprint density at radius 3 is 2.73 bits per heavy atom. The van der Waals surface area contributed by atoms with Crippen molar-refractivity contribution in [3.63, 3.8) is 0 Å². The van der Waals surface area contributed by atoms with Crippen LogP contribution in [0.15, 0.2) is 35.9 Å². The number of aryl methyl sites for hydroxylation is 1. The molecule has 1 aliphatic carbocycles. The second kappa shape index (κ2) is 8.93. The lowest BCUT2D eigenvalue weighted by molar-refractivity contribution is 0.210. The first-order valence-corrected chi connectivity index (χ1v) is 9.49. The largest absolute Gasteiger partial charge is 0.507 e. The van der Waals surface area contributed by atoms with Gasteiger partial charge in [0, 0.05) is 11.5 Å². The van der Waals surface area contributed by atoms with Crippen LogP contribution in [0.4, 0.5) is 4.79 Å². The minimum Gasteiger partial charge on any atom is -0.507 e. The summed E-state index contributed by atoms with van der Waals surface area (Å²) in [6.45, 7) is 10.4. The van der Waals surface area contributed by atoms with Crippen molar-refractivity contribution < 1.29 is 14.6 Å². The van der Waals surface area contributed by atoms with E-state index in [0.717, 1.165) is 49.7 Å². The van der Waals surface area contributed by atoms with Gasteiger partial charge in [-0.05, 0) is 63.1 Å². The minimum absolute atomic E-state index is 0.0692. The van der Waals surface area contributed by atoms with E-state index in [-0.39, 0.29) is 17.6 Å². The quantitative estimate of drug-likeness (QED) is 0.493. The summed E-state index contributed by atoms with van der Waals surface area (Å²) in [5.74, 6) is 0.662. The molecule has 0 saturated heterocycles. The molecule has 4 nitrogen and oxygen atoms in total. The number of ether oxygens (including phenoxy) is 1. The Balaban J connectivity index is 2.49. The van der Waals surface area contributed by atoms with Gasteiger partial charge in [0.25, 0.3) is 0 Å². The fourth-order valence-electron chi connectivity index (χ4n) is 3.82. The van der Waals surface area contributed by atoms with Crippen molar-refractivity contribution in [2.75, 3.05) is 0 Å². The normalized spacial score (nSPS) is 19.7. The Kier molecular flexibility index (Phi) is 6.90. The van der Waals surface area contributed by atoms with Crippen molar-refractivity contribution >= 4 is 6.09 Å². The van der Waals surface area contributed by atoms with E-state index >= 15 is 0 Å². The van der Waals surface area contributed by atoms with Crippen LogP contribution in [-0.2, 0) is 6.42 Å². The van der Waals surface area contributed by atoms with E-state index in [1.807, 2.05) is 13.0 Å². The zero-order valence-electron chi connectivity index (χ0n) is 16.2. The van der Waals surface area contributed by atoms with Crippen LogP contribution in [0.5, 0.6) is 11.5 Å². The first kappa shape index (κ1) is 20.1. The molecule has 0 bridgehead atoms. The lowest BCUT2D eigenvalue weighted by atomic mass is 9.73. The maximum Gasteiger partial charge on any atom is 0.409 e. The predicted molar refractivity (Wildman–Crippen MR) is 106 cm³/mol. The van der Waals surface area contributed by atoms with E-state index in [4.69, 9.17) is 10.5 Å². The summed E-state index contributed by atoms with van der Waals surface area (Å²) < 4.78 is 5.31. The van der Waals surface area contributed by atoms with Gasteiger partial charge in [0.05, 0.1) is 0 Å². The van der Waals surface area contributed by atoms with Gasteiger partial charge in [0.15, 0.2) is 0 Å². The molecule has 0 saturated carbocycles. The van der Waals surface area contributed by atoms with E-state index in [1.54, 1.807) is 6.07 Å². The first-order valence-electron chi connectivity index (χ1n) is 9.49. The van der Waals surface area contributed by atoms with E-state index in [0.29, 0.717) is 11.3 Å². The van der Waals surface area contributed by atoms with Gasteiger partial charge in [0.1, 0.15) is 11.5 Å². The van der Waals surface area contributed by atoms with Gasteiger partial charge in [-0.3, -0.25) is 0 Å². The van der Waals surface area contributed by atoms with Gasteiger partial charge >= 0.3 is 6.09 Å². The first-order chi connectivity index (χ1) is 12.3. The van der Waals surface area contributed by atoms with E-state index in [9.17, 15) is 9.90 Å². The molecule has 4 heteroatoms. The summed E-state index contributed by atoms with van der Waals surface area (Å²) in [7, 11) is 0.